The van der Waals surface area contributed by atoms with Gasteiger partial charge in [0.1, 0.15) is 6.04 Å². The molecule has 1 aliphatic carbocycles. The maximum atomic E-state index is 11.4. The van der Waals surface area contributed by atoms with Gasteiger partial charge in [-0.1, -0.05) is 0 Å². The average molecular weight is 225 g/mol. The molecule has 1 aromatic rings. The number of methoxy groups -OCH3 is 1. The molecule has 4 heteroatoms. The Morgan fingerprint density at radius 2 is 2.27 bits per heavy atom. The van der Waals surface area contributed by atoms with Gasteiger partial charge in [0.15, 0.2) is 0 Å². The van der Waals surface area contributed by atoms with Crippen LogP contribution in [0.3, 0.4) is 0 Å². The van der Waals surface area contributed by atoms with Gasteiger partial charge in [-0.3, -0.25) is 4.79 Å². The lowest BCUT2D eigenvalue weighted by Gasteiger charge is -2.19. The van der Waals surface area contributed by atoms with Crippen LogP contribution < -0.4 is 5.73 Å². The third-order valence-corrected chi connectivity index (χ3v) is 4.29. The fourth-order valence-corrected chi connectivity index (χ4v) is 3.05. The Hall–Kier alpha value is -0.870. The molecule has 2 N–H and O–H groups in total. The Balaban J connectivity index is 2.24. The van der Waals surface area contributed by atoms with Crippen LogP contribution in [0, 0.1) is 6.92 Å². The summed E-state index contributed by atoms with van der Waals surface area (Å²) >= 11 is 1.73. The summed E-state index contributed by atoms with van der Waals surface area (Å²) < 4.78 is 4.71. The molecule has 0 spiro atoms. The summed E-state index contributed by atoms with van der Waals surface area (Å²) in [4.78, 5) is 13.9. The van der Waals surface area contributed by atoms with E-state index in [2.05, 4.69) is 19.1 Å². The lowest BCUT2D eigenvalue weighted by atomic mass is 9.95. The van der Waals surface area contributed by atoms with Crippen molar-refractivity contribution in [2.75, 3.05) is 7.11 Å². The van der Waals surface area contributed by atoms with Gasteiger partial charge >= 0.3 is 5.97 Å². The summed E-state index contributed by atoms with van der Waals surface area (Å²) in [5, 5.41) is 0. The molecule has 82 valence electrons. The Bertz CT molecular complexity index is 382. The fraction of sp³-hybridized carbons (Fsp3) is 0.545. The highest BCUT2D eigenvalue weighted by molar-refractivity contribution is 7.12. The molecule has 0 aliphatic heterocycles. The van der Waals surface area contributed by atoms with Gasteiger partial charge < -0.3 is 10.5 Å². The minimum absolute atomic E-state index is 0.133. The molecule has 0 aromatic carbocycles. The van der Waals surface area contributed by atoms with E-state index < -0.39 is 6.04 Å². The van der Waals surface area contributed by atoms with Crippen LogP contribution in [0.4, 0.5) is 0 Å². The molecular formula is C11H15NO2S. The van der Waals surface area contributed by atoms with Crippen molar-refractivity contribution in [3.63, 3.8) is 0 Å². The van der Waals surface area contributed by atoms with Gasteiger partial charge in [0, 0.05) is 15.2 Å². The standard InChI is InChI=1S/C11H15NO2S/c1-7-3-4-8(15-7)11(5-6-11)9(12)10(13)14-2/h3-4,9H,5-6,12H2,1-2H3. The van der Waals surface area contributed by atoms with E-state index >= 15 is 0 Å². The largest absolute Gasteiger partial charge is 0.468 e. The quantitative estimate of drug-likeness (QED) is 0.795. The van der Waals surface area contributed by atoms with Gasteiger partial charge in [-0.05, 0) is 31.9 Å². The first-order valence-corrected chi connectivity index (χ1v) is 5.82. The molecule has 3 nitrogen and oxygen atoms in total. The minimum atomic E-state index is -0.513. The first kappa shape index (κ1) is 10.6. The number of hydrogen-bond donors (Lipinski definition) is 1. The highest BCUT2D eigenvalue weighted by atomic mass is 32.1. The van der Waals surface area contributed by atoms with Crippen LogP contribution in [-0.4, -0.2) is 19.1 Å². The molecule has 0 amide bonds. The third kappa shape index (κ3) is 1.68. The van der Waals surface area contributed by atoms with Crippen molar-refractivity contribution in [2.45, 2.75) is 31.2 Å². The molecule has 0 bridgehead atoms. The molecular weight excluding hydrogens is 210 g/mol. The van der Waals surface area contributed by atoms with Gasteiger partial charge in [-0.15, -0.1) is 11.3 Å². The smallest absolute Gasteiger partial charge is 0.323 e. The highest BCUT2D eigenvalue weighted by Gasteiger charge is 2.53. The topological polar surface area (TPSA) is 52.3 Å². The van der Waals surface area contributed by atoms with Gasteiger partial charge in [-0.25, -0.2) is 0 Å². The molecule has 1 saturated carbocycles. The molecule has 1 heterocycles. The van der Waals surface area contributed by atoms with E-state index in [9.17, 15) is 4.79 Å². The number of aryl methyl sites for hydroxylation is 1. The van der Waals surface area contributed by atoms with Crippen LogP contribution in [0.1, 0.15) is 22.6 Å². The molecule has 1 unspecified atom stereocenters. The van der Waals surface area contributed by atoms with Crippen molar-refractivity contribution < 1.29 is 9.53 Å². The van der Waals surface area contributed by atoms with Crippen molar-refractivity contribution in [3.05, 3.63) is 21.9 Å². The van der Waals surface area contributed by atoms with E-state index in [0.29, 0.717) is 0 Å². The molecule has 1 aromatic heterocycles. The summed E-state index contributed by atoms with van der Waals surface area (Å²) in [6.45, 7) is 2.06. The van der Waals surface area contributed by atoms with E-state index in [1.165, 1.54) is 16.9 Å². The second kappa shape index (κ2) is 3.61. The molecule has 1 aliphatic rings. The predicted octanol–water partition coefficient (Wildman–Crippen LogP) is 1.59. The first-order valence-electron chi connectivity index (χ1n) is 5.00. The Kier molecular flexibility index (Phi) is 2.56. The second-order valence-corrected chi connectivity index (χ2v) is 5.36. The number of ether oxygens (including phenoxy) is 1. The van der Waals surface area contributed by atoms with Crippen molar-refractivity contribution in [2.24, 2.45) is 5.73 Å². The van der Waals surface area contributed by atoms with Gasteiger partial charge in [0.25, 0.3) is 0 Å². The van der Waals surface area contributed by atoms with Crippen molar-refractivity contribution >= 4 is 17.3 Å². The summed E-state index contributed by atoms with van der Waals surface area (Å²) in [7, 11) is 1.39. The maximum absolute atomic E-state index is 11.4. The number of carbonyl (C=O) groups excluding carboxylic acids is 1. The molecule has 0 radical (unpaired) electrons. The van der Waals surface area contributed by atoms with Gasteiger partial charge in [0.05, 0.1) is 7.11 Å². The fourth-order valence-electron chi connectivity index (χ4n) is 1.90. The van der Waals surface area contributed by atoms with E-state index in [4.69, 9.17) is 10.5 Å². The number of carbonyl (C=O) groups is 1. The van der Waals surface area contributed by atoms with E-state index in [1.807, 2.05) is 0 Å². The molecule has 2 rings (SSSR count). The van der Waals surface area contributed by atoms with Crippen LogP contribution in [0.25, 0.3) is 0 Å². The zero-order valence-electron chi connectivity index (χ0n) is 8.95. The Morgan fingerprint density at radius 3 is 2.67 bits per heavy atom. The van der Waals surface area contributed by atoms with Gasteiger partial charge in [0.2, 0.25) is 0 Å². The number of rotatable bonds is 3. The predicted molar refractivity (Wildman–Crippen MR) is 60.0 cm³/mol. The number of esters is 1. The van der Waals surface area contributed by atoms with Gasteiger partial charge in [-0.2, -0.15) is 0 Å². The molecule has 1 fully saturated rings. The normalized spacial score (nSPS) is 19.7. The third-order valence-electron chi connectivity index (χ3n) is 3.07. The van der Waals surface area contributed by atoms with Crippen molar-refractivity contribution in [1.29, 1.82) is 0 Å². The van der Waals surface area contributed by atoms with Crippen LogP contribution in [0.15, 0.2) is 12.1 Å². The first-order chi connectivity index (χ1) is 7.10. The average Bonchev–Trinajstić information content (AvgIpc) is 2.94. The lowest BCUT2D eigenvalue weighted by Crippen LogP contribution is -2.42. The molecule has 1 atom stereocenters. The van der Waals surface area contributed by atoms with E-state index in [0.717, 1.165) is 12.8 Å². The Morgan fingerprint density at radius 1 is 1.60 bits per heavy atom. The number of hydrogen-bond acceptors (Lipinski definition) is 4. The highest BCUT2D eigenvalue weighted by Crippen LogP contribution is 2.52. The maximum Gasteiger partial charge on any atom is 0.323 e. The molecule has 0 saturated heterocycles. The van der Waals surface area contributed by atoms with Crippen molar-refractivity contribution in [1.82, 2.24) is 0 Å². The summed E-state index contributed by atoms with van der Waals surface area (Å²) in [5.74, 6) is -0.307. The number of nitrogens with two attached hydrogens (primary N) is 1. The summed E-state index contributed by atoms with van der Waals surface area (Å²) in [5.41, 5.74) is 5.81. The second-order valence-electron chi connectivity index (χ2n) is 4.07. The van der Waals surface area contributed by atoms with Crippen LogP contribution in [0.5, 0.6) is 0 Å². The Labute approximate surface area is 93.2 Å². The minimum Gasteiger partial charge on any atom is -0.468 e. The monoisotopic (exact) mass is 225 g/mol. The summed E-state index contributed by atoms with van der Waals surface area (Å²) in [6.07, 6.45) is 1.98. The van der Waals surface area contributed by atoms with E-state index in [-0.39, 0.29) is 11.4 Å². The number of thiophene rings is 1. The van der Waals surface area contributed by atoms with E-state index in [1.54, 1.807) is 11.3 Å². The van der Waals surface area contributed by atoms with Crippen LogP contribution in [0.2, 0.25) is 0 Å². The zero-order valence-corrected chi connectivity index (χ0v) is 9.76. The SMILES string of the molecule is COC(=O)C(N)C1(c2ccc(C)s2)CC1. The zero-order chi connectivity index (χ0) is 11.1. The van der Waals surface area contributed by atoms with Crippen LogP contribution >= 0.6 is 11.3 Å². The van der Waals surface area contributed by atoms with Crippen molar-refractivity contribution in [3.8, 4) is 0 Å². The van der Waals surface area contributed by atoms with Crippen LogP contribution in [-0.2, 0) is 14.9 Å². The molecule has 15 heavy (non-hydrogen) atoms. The lowest BCUT2D eigenvalue weighted by molar-refractivity contribution is -0.143. The summed E-state index contributed by atoms with van der Waals surface area (Å²) in [6, 6.07) is 3.64.